The molecule has 0 spiro atoms. The van der Waals surface area contributed by atoms with E-state index in [-0.39, 0.29) is 19.0 Å². The van der Waals surface area contributed by atoms with Crippen LogP contribution >= 0.6 is 0 Å². The van der Waals surface area contributed by atoms with E-state index in [1.54, 1.807) is 0 Å². The number of hydrogen-bond acceptors (Lipinski definition) is 3. The predicted octanol–water partition coefficient (Wildman–Crippen LogP) is 0.272. The van der Waals surface area contributed by atoms with Crippen molar-refractivity contribution in [2.24, 2.45) is 23.7 Å². The summed E-state index contributed by atoms with van der Waals surface area (Å²) in [6.07, 6.45) is 3.61. The van der Waals surface area contributed by atoms with E-state index in [0.29, 0.717) is 23.7 Å². The molecule has 4 atom stereocenters. The Kier molecular flexibility index (Phi) is 3.11. The molecule has 3 aliphatic carbocycles. The van der Waals surface area contributed by atoms with Gasteiger partial charge in [0.2, 0.25) is 0 Å². The van der Waals surface area contributed by atoms with Crippen molar-refractivity contribution < 1.29 is 18.3 Å². The van der Waals surface area contributed by atoms with Crippen molar-refractivity contribution in [1.29, 1.82) is 0 Å². The molecule has 0 radical (unpaired) electrons. The molecule has 7 heteroatoms. The van der Waals surface area contributed by atoms with Gasteiger partial charge >= 0.3 is 5.97 Å². The molecule has 0 heterocycles. The Hall–Kier alpha value is -0.660. The van der Waals surface area contributed by atoms with E-state index < -0.39 is 16.2 Å². The highest BCUT2D eigenvalue weighted by Gasteiger charge is 2.65. The Balaban J connectivity index is 1.56. The Morgan fingerprint density at radius 1 is 1.32 bits per heavy atom. The average Bonchev–Trinajstić information content (AvgIpc) is 2.74. The zero-order valence-electron chi connectivity index (χ0n) is 10.9. The molecular weight excluding hydrogens is 268 g/mol. The second-order valence-corrected chi connectivity index (χ2v) is 7.91. The largest absolute Gasteiger partial charge is 0.481 e. The molecule has 0 saturated heterocycles. The molecule has 3 rings (SSSR count). The van der Waals surface area contributed by atoms with Crippen LogP contribution in [0.3, 0.4) is 0 Å². The number of rotatable bonds is 6. The molecule has 0 amide bonds. The molecule has 2 N–H and O–H groups in total. The number of fused-ring (bicyclic) bond motifs is 5. The van der Waals surface area contributed by atoms with E-state index >= 15 is 0 Å². The van der Waals surface area contributed by atoms with Gasteiger partial charge in [-0.25, -0.2) is 0 Å². The second kappa shape index (κ2) is 4.43. The van der Waals surface area contributed by atoms with Gasteiger partial charge < -0.3 is 5.11 Å². The van der Waals surface area contributed by atoms with E-state index in [0.717, 1.165) is 4.31 Å². The van der Waals surface area contributed by atoms with E-state index in [1.165, 1.54) is 26.3 Å². The molecule has 3 aliphatic rings. The second-order valence-electron chi connectivity index (χ2n) is 6.10. The molecule has 3 saturated carbocycles. The normalized spacial score (nSPS) is 39.6. The third kappa shape index (κ3) is 2.28. The number of carboxylic acids is 1. The maximum Gasteiger partial charge on any atom is 0.304 e. The van der Waals surface area contributed by atoms with Gasteiger partial charge in [0.15, 0.2) is 0 Å². The summed E-state index contributed by atoms with van der Waals surface area (Å²) in [7, 11) is -2.11. The number of hydrogen-bond donors (Lipinski definition) is 2. The first-order valence-electron chi connectivity index (χ1n) is 6.85. The van der Waals surface area contributed by atoms with Crippen molar-refractivity contribution in [1.82, 2.24) is 9.03 Å². The van der Waals surface area contributed by atoms with Crippen molar-refractivity contribution >= 4 is 16.2 Å². The van der Waals surface area contributed by atoms with E-state index in [2.05, 4.69) is 4.72 Å². The quantitative estimate of drug-likeness (QED) is 0.734. The Morgan fingerprint density at radius 3 is 2.42 bits per heavy atom. The van der Waals surface area contributed by atoms with Crippen LogP contribution in [0, 0.1) is 23.7 Å². The third-order valence-electron chi connectivity index (χ3n) is 5.07. The van der Waals surface area contributed by atoms with Gasteiger partial charge in [0, 0.05) is 19.6 Å². The van der Waals surface area contributed by atoms with Gasteiger partial charge in [-0.15, -0.1) is 0 Å². The van der Waals surface area contributed by atoms with Gasteiger partial charge in [-0.3, -0.25) is 4.79 Å². The summed E-state index contributed by atoms with van der Waals surface area (Å²) in [5, 5.41) is 8.59. The zero-order valence-corrected chi connectivity index (χ0v) is 11.8. The first kappa shape index (κ1) is 13.3. The minimum Gasteiger partial charge on any atom is -0.481 e. The van der Waals surface area contributed by atoms with Crippen molar-refractivity contribution in [3.05, 3.63) is 0 Å². The lowest BCUT2D eigenvalue weighted by atomic mass is 10.0. The summed E-state index contributed by atoms with van der Waals surface area (Å²) < 4.78 is 28.0. The molecule has 6 nitrogen and oxygen atoms in total. The van der Waals surface area contributed by atoms with E-state index in [9.17, 15) is 13.2 Å². The summed E-state index contributed by atoms with van der Waals surface area (Å²) in [5.41, 5.74) is 0. The molecular formula is C12H20N2O4S. The molecule has 108 valence electrons. The van der Waals surface area contributed by atoms with Crippen molar-refractivity contribution in [3.8, 4) is 0 Å². The van der Waals surface area contributed by atoms with Crippen LogP contribution in [0.25, 0.3) is 0 Å². The first-order valence-corrected chi connectivity index (χ1v) is 8.29. The molecule has 0 aliphatic heterocycles. The zero-order chi connectivity index (χ0) is 13.8. The number of carboxylic acid groups (broad SMARTS) is 1. The summed E-state index contributed by atoms with van der Waals surface area (Å²) in [6.45, 7) is 0.0135. The molecule has 19 heavy (non-hydrogen) atoms. The lowest BCUT2D eigenvalue weighted by Crippen LogP contribution is -2.41. The predicted molar refractivity (Wildman–Crippen MR) is 68.5 cm³/mol. The Morgan fingerprint density at radius 2 is 1.89 bits per heavy atom. The monoisotopic (exact) mass is 288 g/mol. The SMILES string of the molecule is CN(CCC(=O)O)S(=O)(=O)NC1C2C3CCC(C3)C12. The van der Waals surface area contributed by atoms with Gasteiger partial charge in [-0.2, -0.15) is 17.4 Å². The van der Waals surface area contributed by atoms with Crippen LogP contribution in [-0.2, 0) is 15.0 Å². The highest BCUT2D eigenvalue weighted by molar-refractivity contribution is 7.87. The van der Waals surface area contributed by atoms with Gasteiger partial charge in [-0.1, -0.05) is 0 Å². The molecule has 0 aromatic heterocycles. The molecule has 2 bridgehead atoms. The fourth-order valence-corrected chi connectivity index (χ4v) is 5.29. The maximum absolute atomic E-state index is 12.1. The topological polar surface area (TPSA) is 86.7 Å². The number of nitrogens with one attached hydrogen (secondary N) is 1. The first-order chi connectivity index (χ1) is 8.90. The number of carbonyl (C=O) groups is 1. The Bertz CT molecular complexity index is 476. The minimum absolute atomic E-state index is 0.0135. The summed E-state index contributed by atoms with van der Waals surface area (Å²) in [6, 6.07) is 0.100. The molecule has 3 fully saturated rings. The molecule has 4 unspecified atom stereocenters. The molecule has 0 aromatic carbocycles. The van der Waals surface area contributed by atoms with Crippen LogP contribution in [0.4, 0.5) is 0 Å². The lowest BCUT2D eigenvalue weighted by molar-refractivity contribution is -0.137. The van der Waals surface area contributed by atoms with Crippen LogP contribution in [0.5, 0.6) is 0 Å². The summed E-state index contributed by atoms with van der Waals surface area (Å²) in [4.78, 5) is 10.5. The van der Waals surface area contributed by atoms with Gasteiger partial charge in [0.05, 0.1) is 6.42 Å². The van der Waals surface area contributed by atoms with Crippen LogP contribution in [0.1, 0.15) is 25.7 Å². The third-order valence-corrected chi connectivity index (χ3v) is 6.64. The maximum atomic E-state index is 12.1. The van der Waals surface area contributed by atoms with Gasteiger partial charge in [0.25, 0.3) is 10.2 Å². The Labute approximate surface area is 113 Å². The summed E-state index contributed by atoms with van der Waals surface area (Å²) >= 11 is 0. The van der Waals surface area contributed by atoms with Crippen molar-refractivity contribution in [2.45, 2.75) is 31.7 Å². The van der Waals surface area contributed by atoms with E-state index in [1.807, 2.05) is 0 Å². The molecule has 0 aromatic rings. The lowest BCUT2D eigenvalue weighted by Gasteiger charge is -2.18. The minimum atomic E-state index is -3.53. The number of nitrogens with zero attached hydrogens (tertiary/aromatic N) is 1. The van der Waals surface area contributed by atoms with E-state index in [4.69, 9.17) is 5.11 Å². The number of aliphatic carboxylic acids is 1. The van der Waals surface area contributed by atoms with Crippen LogP contribution in [0.15, 0.2) is 0 Å². The van der Waals surface area contributed by atoms with Crippen molar-refractivity contribution in [2.75, 3.05) is 13.6 Å². The fourth-order valence-electron chi connectivity index (χ4n) is 4.12. The van der Waals surface area contributed by atoms with Crippen LogP contribution < -0.4 is 4.72 Å². The van der Waals surface area contributed by atoms with Crippen LogP contribution in [-0.4, -0.2) is 43.4 Å². The fraction of sp³-hybridized carbons (Fsp3) is 0.917. The standard InChI is InChI=1S/C12H20N2O4S/c1-14(5-4-9(15)16)19(17,18)13-12-10-7-2-3-8(6-7)11(10)12/h7-8,10-13H,2-6H2,1H3,(H,15,16). The highest BCUT2D eigenvalue weighted by Crippen LogP contribution is 2.65. The highest BCUT2D eigenvalue weighted by atomic mass is 32.2. The smallest absolute Gasteiger partial charge is 0.304 e. The van der Waals surface area contributed by atoms with Gasteiger partial charge in [0.1, 0.15) is 0 Å². The average molecular weight is 288 g/mol. The van der Waals surface area contributed by atoms with Crippen molar-refractivity contribution in [3.63, 3.8) is 0 Å². The van der Waals surface area contributed by atoms with Crippen LogP contribution in [0.2, 0.25) is 0 Å². The van der Waals surface area contributed by atoms with Gasteiger partial charge in [-0.05, 0) is 42.9 Å². The summed E-state index contributed by atoms with van der Waals surface area (Å²) in [5.74, 6) is 1.53.